The first kappa shape index (κ1) is 11.9. The van der Waals surface area contributed by atoms with E-state index in [1.54, 1.807) is 17.7 Å². The van der Waals surface area contributed by atoms with Gasteiger partial charge < -0.3 is 10.2 Å². The van der Waals surface area contributed by atoms with Gasteiger partial charge >= 0.3 is 0 Å². The third-order valence-corrected chi connectivity index (χ3v) is 4.65. The highest BCUT2D eigenvalue weighted by Gasteiger charge is 2.32. The number of anilines is 1. The van der Waals surface area contributed by atoms with E-state index < -0.39 is 0 Å². The fourth-order valence-electron chi connectivity index (χ4n) is 2.53. The molecule has 0 aromatic carbocycles. The van der Waals surface area contributed by atoms with Gasteiger partial charge in [0, 0.05) is 25.2 Å². The minimum absolute atomic E-state index is 0.0947. The van der Waals surface area contributed by atoms with Crippen molar-refractivity contribution in [3.05, 3.63) is 17.3 Å². The number of nitrogens with one attached hydrogen (secondary N) is 1. The lowest BCUT2D eigenvalue weighted by Gasteiger charge is -2.43. The zero-order chi connectivity index (χ0) is 12.8. The number of rotatable bonds is 1. The second-order valence-electron chi connectivity index (χ2n) is 5.43. The molecule has 0 radical (unpaired) electrons. The second kappa shape index (κ2) is 4.17. The van der Waals surface area contributed by atoms with Crippen molar-refractivity contribution in [3.8, 4) is 0 Å². The van der Waals surface area contributed by atoms with E-state index in [1.807, 2.05) is 0 Å². The molecule has 0 saturated carbocycles. The molecule has 0 atom stereocenters. The Balaban J connectivity index is 2.13. The largest absolute Gasteiger partial charge is 0.348 e. The van der Waals surface area contributed by atoms with Crippen molar-refractivity contribution < 1.29 is 0 Å². The Morgan fingerprint density at radius 2 is 2.22 bits per heavy atom. The lowest BCUT2D eigenvalue weighted by Crippen LogP contribution is -2.58. The molecule has 1 fully saturated rings. The van der Waals surface area contributed by atoms with Crippen LogP contribution in [-0.4, -0.2) is 35.1 Å². The highest BCUT2D eigenvalue weighted by molar-refractivity contribution is 7.18. The Bertz CT molecular complexity index is 575. The van der Waals surface area contributed by atoms with Crippen molar-refractivity contribution in [2.45, 2.75) is 26.3 Å². The average Bonchev–Trinajstić information content (AvgIpc) is 2.71. The molecule has 18 heavy (non-hydrogen) atoms. The number of nitrogens with zero attached hydrogens (tertiary/aromatic N) is 3. The second-order valence-corrected chi connectivity index (χ2v) is 6.31. The fraction of sp³-hybridized carbons (Fsp3) is 0.538. The average molecular weight is 262 g/mol. The fourth-order valence-corrected chi connectivity index (χ4v) is 3.52. The summed E-state index contributed by atoms with van der Waals surface area (Å²) < 4.78 is 1.21. The summed E-state index contributed by atoms with van der Waals surface area (Å²) in [4.78, 5) is 11.3. The van der Waals surface area contributed by atoms with Gasteiger partial charge in [-0.05, 0) is 31.7 Å². The normalized spacial score (nSPS) is 19.4. The lowest BCUT2D eigenvalue weighted by atomic mass is 10.0. The van der Waals surface area contributed by atoms with Crippen LogP contribution in [0, 0.1) is 6.92 Å². The lowest BCUT2D eigenvalue weighted by molar-refractivity contribution is 0.379. The third-order valence-electron chi connectivity index (χ3n) is 3.57. The van der Waals surface area contributed by atoms with Gasteiger partial charge in [0.2, 0.25) is 0 Å². The molecule has 2 aromatic rings. The zero-order valence-electron chi connectivity index (χ0n) is 11.0. The van der Waals surface area contributed by atoms with E-state index in [-0.39, 0.29) is 5.54 Å². The van der Waals surface area contributed by atoms with Crippen molar-refractivity contribution in [1.82, 2.24) is 15.3 Å². The number of hydrogen-bond acceptors (Lipinski definition) is 5. The van der Waals surface area contributed by atoms with Crippen molar-refractivity contribution in [2.75, 3.05) is 24.5 Å². The van der Waals surface area contributed by atoms with Crippen LogP contribution in [0.3, 0.4) is 0 Å². The van der Waals surface area contributed by atoms with Gasteiger partial charge in [-0.1, -0.05) is 0 Å². The Hall–Kier alpha value is -1.20. The summed E-state index contributed by atoms with van der Waals surface area (Å²) in [7, 11) is 0. The summed E-state index contributed by atoms with van der Waals surface area (Å²) in [5.74, 6) is 1.09. The molecular formula is C13H18N4S. The van der Waals surface area contributed by atoms with E-state index in [0.717, 1.165) is 31.0 Å². The predicted octanol–water partition coefficient (Wildman–Crippen LogP) is 2.19. The standard InChI is InChI=1S/C13H18N4S/c1-9-6-18-11-10(9)15-8-16-12(11)17-5-4-14-7-13(17,2)3/h6,8,14H,4-5,7H2,1-3H3. The molecule has 3 heterocycles. The van der Waals surface area contributed by atoms with E-state index in [9.17, 15) is 0 Å². The predicted molar refractivity (Wildman–Crippen MR) is 76.4 cm³/mol. The van der Waals surface area contributed by atoms with Crippen molar-refractivity contribution >= 4 is 27.4 Å². The molecule has 3 rings (SSSR count). The molecule has 0 aliphatic carbocycles. The summed E-state index contributed by atoms with van der Waals surface area (Å²) in [5, 5.41) is 5.61. The monoisotopic (exact) mass is 262 g/mol. The zero-order valence-corrected chi connectivity index (χ0v) is 11.8. The number of aryl methyl sites for hydroxylation is 1. The minimum atomic E-state index is 0.0947. The van der Waals surface area contributed by atoms with Gasteiger partial charge in [0.15, 0.2) is 5.82 Å². The molecule has 2 aromatic heterocycles. The highest BCUT2D eigenvalue weighted by atomic mass is 32.1. The van der Waals surface area contributed by atoms with Crippen molar-refractivity contribution in [3.63, 3.8) is 0 Å². The molecule has 0 spiro atoms. The summed E-state index contributed by atoms with van der Waals surface area (Å²) in [6.07, 6.45) is 1.69. The first-order valence-electron chi connectivity index (χ1n) is 6.27. The van der Waals surface area contributed by atoms with Crippen molar-refractivity contribution in [1.29, 1.82) is 0 Å². The SMILES string of the molecule is Cc1csc2c(N3CCNCC3(C)C)ncnc12. The van der Waals surface area contributed by atoms with E-state index in [0.29, 0.717) is 0 Å². The topological polar surface area (TPSA) is 41.0 Å². The Kier molecular flexibility index (Phi) is 2.75. The van der Waals surface area contributed by atoms with Gasteiger partial charge in [-0.25, -0.2) is 9.97 Å². The van der Waals surface area contributed by atoms with Crippen LogP contribution >= 0.6 is 11.3 Å². The van der Waals surface area contributed by atoms with Crippen LogP contribution in [0.5, 0.6) is 0 Å². The molecule has 1 aliphatic heterocycles. The molecule has 0 unspecified atom stereocenters. The number of aromatic nitrogens is 2. The first-order valence-corrected chi connectivity index (χ1v) is 7.15. The van der Waals surface area contributed by atoms with Gasteiger partial charge in [0.1, 0.15) is 6.33 Å². The Morgan fingerprint density at radius 1 is 1.39 bits per heavy atom. The van der Waals surface area contributed by atoms with Gasteiger partial charge in [0.25, 0.3) is 0 Å². The van der Waals surface area contributed by atoms with Gasteiger partial charge in [-0.15, -0.1) is 11.3 Å². The molecular weight excluding hydrogens is 244 g/mol. The van der Waals surface area contributed by atoms with Crippen LogP contribution in [0.1, 0.15) is 19.4 Å². The van der Waals surface area contributed by atoms with E-state index in [1.165, 1.54) is 10.3 Å². The van der Waals surface area contributed by atoms with Crippen LogP contribution in [0.25, 0.3) is 10.2 Å². The summed E-state index contributed by atoms with van der Waals surface area (Å²) in [6.45, 7) is 9.62. The Labute approximate surface area is 111 Å². The van der Waals surface area contributed by atoms with E-state index in [4.69, 9.17) is 0 Å². The summed E-state index contributed by atoms with van der Waals surface area (Å²) in [6, 6.07) is 0. The van der Waals surface area contributed by atoms with Crippen molar-refractivity contribution in [2.24, 2.45) is 0 Å². The molecule has 1 saturated heterocycles. The third kappa shape index (κ3) is 1.78. The summed E-state index contributed by atoms with van der Waals surface area (Å²) in [5.41, 5.74) is 2.43. The maximum absolute atomic E-state index is 4.54. The molecule has 96 valence electrons. The maximum Gasteiger partial charge on any atom is 0.150 e. The van der Waals surface area contributed by atoms with Crippen LogP contribution in [-0.2, 0) is 0 Å². The van der Waals surface area contributed by atoms with Gasteiger partial charge in [-0.2, -0.15) is 0 Å². The maximum atomic E-state index is 4.54. The Morgan fingerprint density at radius 3 is 3.00 bits per heavy atom. The number of hydrogen-bond donors (Lipinski definition) is 1. The quantitative estimate of drug-likeness (QED) is 0.855. The number of piperazine rings is 1. The molecule has 1 N–H and O–H groups in total. The number of fused-ring (bicyclic) bond motifs is 1. The molecule has 0 bridgehead atoms. The number of thiophene rings is 1. The van der Waals surface area contributed by atoms with Gasteiger partial charge in [0.05, 0.1) is 10.2 Å². The van der Waals surface area contributed by atoms with Crippen LogP contribution in [0.15, 0.2) is 11.7 Å². The molecule has 0 amide bonds. The van der Waals surface area contributed by atoms with E-state index in [2.05, 4.69) is 46.3 Å². The van der Waals surface area contributed by atoms with Crippen LogP contribution in [0.4, 0.5) is 5.82 Å². The summed E-state index contributed by atoms with van der Waals surface area (Å²) >= 11 is 1.75. The first-order chi connectivity index (χ1) is 8.59. The smallest absolute Gasteiger partial charge is 0.150 e. The molecule has 4 nitrogen and oxygen atoms in total. The minimum Gasteiger partial charge on any atom is -0.348 e. The van der Waals surface area contributed by atoms with Crippen LogP contribution in [0.2, 0.25) is 0 Å². The van der Waals surface area contributed by atoms with E-state index >= 15 is 0 Å². The highest BCUT2D eigenvalue weighted by Crippen LogP contribution is 2.34. The van der Waals surface area contributed by atoms with Gasteiger partial charge in [-0.3, -0.25) is 0 Å². The van der Waals surface area contributed by atoms with Crippen LogP contribution < -0.4 is 10.2 Å². The molecule has 1 aliphatic rings. The molecule has 5 heteroatoms.